The fourth-order valence-corrected chi connectivity index (χ4v) is 7.64. The van der Waals surface area contributed by atoms with E-state index in [9.17, 15) is 20.1 Å². The number of aliphatic hydroxyl groups is 3. The highest BCUT2D eigenvalue weighted by molar-refractivity contribution is 5.81. The lowest BCUT2D eigenvalue weighted by atomic mass is 9.57. The molecule has 0 aliphatic heterocycles. The standard InChI is InChI=1S/C33H51NO5/c1-6-7-19-39-30(38)32(17-18-32)28(36)13-10-21(2)26-14-16-33(34)25(9-8-15-31(26,33)5)12-11-24-20-27(35)23(4)29(37)22(24)3/h10-13,21,23,26-29,35-37H,3,6-9,14-20,34H2,1-2,4-5H3/b13-10+,24-11-,25-12+/t21-,23?,26-,27?,28+,29?,31?,33-/m1/s1. The molecule has 0 aromatic heterocycles. The van der Waals surface area contributed by atoms with Gasteiger partial charge in [0.1, 0.15) is 0 Å². The van der Waals surface area contributed by atoms with Gasteiger partial charge >= 0.3 is 5.97 Å². The maximum atomic E-state index is 12.6. The molecule has 6 heteroatoms. The molecule has 0 amide bonds. The Bertz CT molecular complexity index is 1030. The van der Waals surface area contributed by atoms with Gasteiger partial charge in [0.2, 0.25) is 0 Å². The summed E-state index contributed by atoms with van der Waals surface area (Å²) in [5.74, 6) is 0.0971. The molecule has 5 N–H and O–H groups in total. The smallest absolute Gasteiger partial charge is 0.315 e. The number of hydrogen-bond donors (Lipinski definition) is 4. The second-order valence-electron chi connectivity index (χ2n) is 13.2. The van der Waals surface area contributed by atoms with E-state index in [1.807, 2.05) is 19.1 Å². The second-order valence-corrected chi connectivity index (χ2v) is 13.2. The number of aliphatic hydroxyl groups excluding tert-OH is 3. The van der Waals surface area contributed by atoms with Crippen molar-refractivity contribution in [2.24, 2.45) is 34.3 Å². The van der Waals surface area contributed by atoms with Crippen LogP contribution in [0.15, 0.2) is 47.6 Å². The van der Waals surface area contributed by atoms with Crippen LogP contribution in [0.2, 0.25) is 0 Å². The van der Waals surface area contributed by atoms with E-state index in [4.69, 9.17) is 10.5 Å². The Hall–Kier alpha value is -1.73. The van der Waals surface area contributed by atoms with Crippen LogP contribution in [0.4, 0.5) is 0 Å². The largest absolute Gasteiger partial charge is 0.465 e. The molecule has 0 bridgehead atoms. The van der Waals surface area contributed by atoms with E-state index in [1.54, 1.807) is 0 Å². The molecular formula is C33H51NO5. The predicted molar refractivity (Wildman–Crippen MR) is 155 cm³/mol. The summed E-state index contributed by atoms with van der Waals surface area (Å²) in [6.07, 6.45) is 14.6. The number of unbranched alkanes of at least 4 members (excludes halogenated alkanes) is 1. The Kier molecular flexibility index (Phi) is 9.02. The molecule has 218 valence electrons. The first kappa shape index (κ1) is 30.2. The van der Waals surface area contributed by atoms with Crippen molar-refractivity contribution in [3.05, 3.63) is 47.6 Å². The molecule has 39 heavy (non-hydrogen) atoms. The van der Waals surface area contributed by atoms with Gasteiger partial charge in [0.05, 0.1) is 30.3 Å². The van der Waals surface area contributed by atoms with Crippen molar-refractivity contribution in [1.82, 2.24) is 0 Å². The fraction of sp³-hybridized carbons (Fsp3) is 0.727. The van der Waals surface area contributed by atoms with Gasteiger partial charge in [0.25, 0.3) is 0 Å². The number of ether oxygens (including phenoxy) is 1. The molecule has 4 aliphatic carbocycles. The fourth-order valence-electron chi connectivity index (χ4n) is 7.64. The van der Waals surface area contributed by atoms with Gasteiger partial charge in [-0.05, 0) is 91.8 Å². The van der Waals surface area contributed by atoms with Crippen molar-refractivity contribution in [3.63, 3.8) is 0 Å². The van der Waals surface area contributed by atoms with Crippen molar-refractivity contribution in [2.45, 2.75) is 116 Å². The SMILES string of the molecule is C=C1/C(=C\C=C2/CCCC3(C)[C@@H]([C@H](C)/C=C/[C@H](O)C4(C(=O)OCCCC)CC4)CC[C@@]23N)CC(O)C(C)C1O. The number of carbonyl (C=O) groups is 1. The van der Waals surface area contributed by atoms with Crippen LogP contribution in [0, 0.1) is 28.6 Å². The Morgan fingerprint density at radius 2 is 1.92 bits per heavy atom. The predicted octanol–water partition coefficient (Wildman–Crippen LogP) is 5.13. The average molecular weight is 542 g/mol. The summed E-state index contributed by atoms with van der Waals surface area (Å²) in [5.41, 5.74) is 8.84. The number of rotatable bonds is 9. The molecule has 0 spiro atoms. The highest BCUT2D eigenvalue weighted by Gasteiger charge is 2.59. The first-order chi connectivity index (χ1) is 18.4. The van der Waals surface area contributed by atoms with Gasteiger partial charge in [-0.15, -0.1) is 0 Å². The number of nitrogens with two attached hydrogens (primary N) is 1. The zero-order valence-corrected chi connectivity index (χ0v) is 24.5. The first-order valence-corrected chi connectivity index (χ1v) is 15.2. The van der Waals surface area contributed by atoms with E-state index in [2.05, 4.69) is 39.5 Å². The highest BCUT2D eigenvalue weighted by atomic mass is 16.5. The Labute approximate surface area is 235 Å². The molecule has 0 aromatic carbocycles. The maximum absolute atomic E-state index is 12.6. The lowest BCUT2D eigenvalue weighted by molar-refractivity contribution is -0.153. The van der Waals surface area contributed by atoms with Crippen LogP contribution in [0.25, 0.3) is 0 Å². The van der Waals surface area contributed by atoms with Crippen LogP contribution >= 0.6 is 0 Å². The van der Waals surface area contributed by atoms with E-state index in [0.717, 1.165) is 50.5 Å². The summed E-state index contributed by atoms with van der Waals surface area (Å²) in [5, 5.41) is 31.8. The zero-order chi connectivity index (χ0) is 28.6. The summed E-state index contributed by atoms with van der Waals surface area (Å²) >= 11 is 0. The van der Waals surface area contributed by atoms with Crippen molar-refractivity contribution < 1.29 is 24.9 Å². The van der Waals surface area contributed by atoms with Crippen LogP contribution in [0.3, 0.4) is 0 Å². The highest BCUT2D eigenvalue weighted by Crippen LogP contribution is 2.61. The van der Waals surface area contributed by atoms with E-state index >= 15 is 0 Å². The van der Waals surface area contributed by atoms with E-state index in [-0.39, 0.29) is 23.2 Å². The van der Waals surface area contributed by atoms with Gasteiger partial charge in [-0.1, -0.05) is 65.0 Å². The van der Waals surface area contributed by atoms with Gasteiger partial charge < -0.3 is 25.8 Å². The Morgan fingerprint density at radius 1 is 1.21 bits per heavy atom. The van der Waals surface area contributed by atoms with Crippen molar-refractivity contribution in [2.75, 3.05) is 6.61 Å². The number of fused-ring (bicyclic) bond motifs is 1. The third kappa shape index (κ3) is 5.47. The van der Waals surface area contributed by atoms with Crippen LogP contribution in [0.1, 0.15) is 91.9 Å². The Balaban J connectivity index is 1.47. The quantitative estimate of drug-likeness (QED) is 0.183. The van der Waals surface area contributed by atoms with Gasteiger partial charge in [-0.2, -0.15) is 0 Å². The molecule has 0 heterocycles. The maximum Gasteiger partial charge on any atom is 0.315 e. The van der Waals surface area contributed by atoms with Crippen molar-refractivity contribution >= 4 is 5.97 Å². The minimum Gasteiger partial charge on any atom is -0.465 e. The van der Waals surface area contributed by atoms with Crippen LogP contribution < -0.4 is 5.73 Å². The van der Waals surface area contributed by atoms with Crippen molar-refractivity contribution in [1.29, 1.82) is 0 Å². The average Bonchev–Trinajstić information content (AvgIpc) is 3.67. The lowest BCUT2D eigenvalue weighted by Gasteiger charge is -2.50. The van der Waals surface area contributed by atoms with Crippen molar-refractivity contribution in [3.8, 4) is 0 Å². The Morgan fingerprint density at radius 3 is 2.59 bits per heavy atom. The van der Waals surface area contributed by atoms with Crippen LogP contribution in [-0.2, 0) is 9.53 Å². The molecule has 4 saturated carbocycles. The van der Waals surface area contributed by atoms with Gasteiger partial charge in [0.15, 0.2) is 0 Å². The van der Waals surface area contributed by atoms with Crippen LogP contribution in [-0.4, -0.2) is 51.7 Å². The monoisotopic (exact) mass is 541 g/mol. The third-order valence-electron chi connectivity index (χ3n) is 10.9. The summed E-state index contributed by atoms with van der Waals surface area (Å²) in [6.45, 7) is 13.0. The molecule has 0 aromatic rings. The van der Waals surface area contributed by atoms with E-state index in [0.29, 0.717) is 37.4 Å². The number of esters is 1. The van der Waals surface area contributed by atoms with Gasteiger partial charge in [-0.3, -0.25) is 4.79 Å². The minimum atomic E-state index is -0.823. The van der Waals surface area contributed by atoms with E-state index in [1.165, 1.54) is 5.57 Å². The lowest BCUT2D eigenvalue weighted by Crippen LogP contribution is -2.56. The number of hydrogen-bond acceptors (Lipinski definition) is 6. The molecule has 0 saturated heterocycles. The van der Waals surface area contributed by atoms with Gasteiger partial charge in [0, 0.05) is 11.5 Å². The summed E-state index contributed by atoms with van der Waals surface area (Å²) < 4.78 is 5.45. The second kappa shape index (κ2) is 11.6. The summed E-state index contributed by atoms with van der Waals surface area (Å²) in [6, 6.07) is 0. The molecular weight excluding hydrogens is 490 g/mol. The molecule has 4 unspecified atom stereocenters. The number of carbonyl (C=O) groups excluding carboxylic acids is 1. The van der Waals surface area contributed by atoms with E-state index < -0.39 is 29.3 Å². The van der Waals surface area contributed by atoms with Crippen LogP contribution in [0.5, 0.6) is 0 Å². The normalized spacial score (nSPS) is 39.6. The molecule has 4 aliphatic rings. The first-order valence-electron chi connectivity index (χ1n) is 15.2. The molecule has 4 rings (SSSR count). The topological polar surface area (TPSA) is 113 Å². The molecule has 4 fully saturated rings. The number of allylic oxidation sites excluding steroid dienone is 3. The summed E-state index contributed by atoms with van der Waals surface area (Å²) in [7, 11) is 0. The third-order valence-corrected chi connectivity index (χ3v) is 10.9. The molecule has 0 radical (unpaired) electrons. The summed E-state index contributed by atoms with van der Waals surface area (Å²) in [4.78, 5) is 12.6. The molecule has 8 atom stereocenters. The zero-order valence-electron chi connectivity index (χ0n) is 24.5. The minimum absolute atomic E-state index is 0.0856. The molecule has 6 nitrogen and oxygen atoms in total. The van der Waals surface area contributed by atoms with Gasteiger partial charge in [-0.25, -0.2) is 0 Å².